The van der Waals surface area contributed by atoms with E-state index >= 15 is 0 Å². The molecule has 3 heterocycles. The molecule has 0 aliphatic carbocycles. The first-order valence-corrected chi connectivity index (χ1v) is 9.36. The molecule has 0 fully saturated rings. The topological polar surface area (TPSA) is 70.2 Å². The lowest BCUT2D eigenvalue weighted by molar-refractivity contribution is -0.136. The first-order valence-electron chi connectivity index (χ1n) is 9.36. The van der Waals surface area contributed by atoms with Crippen molar-refractivity contribution in [2.75, 3.05) is 7.11 Å². The number of nitrogens with zero attached hydrogens (tertiary/aromatic N) is 3. The Hall–Kier alpha value is -3.62. The van der Waals surface area contributed by atoms with Crippen molar-refractivity contribution in [2.24, 2.45) is 0 Å². The summed E-state index contributed by atoms with van der Waals surface area (Å²) < 4.78 is 53.5. The Labute approximate surface area is 174 Å². The summed E-state index contributed by atoms with van der Waals surface area (Å²) in [6.07, 6.45) is -3.16. The minimum atomic E-state index is -4.72. The number of hydrogen-bond donors (Lipinski definition) is 0. The third-order valence-electron chi connectivity index (χ3n) is 5.09. The van der Waals surface area contributed by atoms with Crippen molar-refractivity contribution in [3.05, 3.63) is 75.7 Å². The van der Waals surface area contributed by atoms with E-state index in [2.05, 4.69) is 10.1 Å². The van der Waals surface area contributed by atoms with E-state index in [9.17, 15) is 18.0 Å². The van der Waals surface area contributed by atoms with Crippen molar-refractivity contribution in [2.45, 2.75) is 26.6 Å². The third kappa shape index (κ3) is 3.67. The molecule has 0 aliphatic heterocycles. The SMILES string of the molecule is COc1cc2c(cc1-c1c(C)noc1C)c(C(F)(F)F)cc(=O)n2Cc1ccccn1. The van der Waals surface area contributed by atoms with Gasteiger partial charge >= 0.3 is 6.18 Å². The van der Waals surface area contributed by atoms with Gasteiger partial charge in [0, 0.05) is 29.3 Å². The molecule has 0 aliphatic rings. The van der Waals surface area contributed by atoms with E-state index in [0.29, 0.717) is 40.1 Å². The molecule has 160 valence electrons. The second kappa shape index (κ2) is 7.57. The highest BCUT2D eigenvalue weighted by atomic mass is 19.4. The Morgan fingerprint density at radius 1 is 1.16 bits per heavy atom. The molecule has 0 saturated heterocycles. The smallest absolute Gasteiger partial charge is 0.417 e. The van der Waals surface area contributed by atoms with Gasteiger partial charge in [0.2, 0.25) is 0 Å². The third-order valence-corrected chi connectivity index (χ3v) is 5.09. The molecule has 0 radical (unpaired) electrons. The molecule has 4 rings (SSSR count). The van der Waals surface area contributed by atoms with Gasteiger partial charge < -0.3 is 13.8 Å². The first-order chi connectivity index (χ1) is 14.7. The van der Waals surface area contributed by atoms with Gasteiger partial charge in [-0.2, -0.15) is 13.2 Å². The summed E-state index contributed by atoms with van der Waals surface area (Å²) in [6, 6.07) is 8.60. The van der Waals surface area contributed by atoms with Crippen LogP contribution in [0.25, 0.3) is 22.0 Å². The van der Waals surface area contributed by atoms with Gasteiger partial charge in [0.15, 0.2) is 0 Å². The van der Waals surface area contributed by atoms with Crippen LogP contribution in [0.1, 0.15) is 22.7 Å². The summed E-state index contributed by atoms with van der Waals surface area (Å²) in [5.41, 5.74) is 0.315. The van der Waals surface area contributed by atoms with Crippen molar-refractivity contribution < 1.29 is 22.4 Å². The van der Waals surface area contributed by atoms with Crippen LogP contribution in [0.4, 0.5) is 13.2 Å². The zero-order chi connectivity index (χ0) is 22.3. The van der Waals surface area contributed by atoms with Crippen LogP contribution in [-0.2, 0) is 12.7 Å². The molecule has 0 bridgehead atoms. The van der Waals surface area contributed by atoms with Crippen LogP contribution in [0.5, 0.6) is 5.75 Å². The summed E-state index contributed by atoms with van der Waals surface area (Å²) in [5.74, 6) is 0.751. The van der Waals surface area contributed by atoms with Crippen LogP contribution in [0.3, 0.4) is 0 Å². The molecular formula is C22H18F3N3O3. The molecule has 1 aromatic carbocycles. The highest BCUT2D eigenvalue weighted by molar-refractivity contribution is 5.92. The lowest BCUT2D eigenvalue weighted by atomic mass is 9.98. The van der Waals surface area contributed by atoms with Crippen LogP contribution >= 0.6 is 0 Å². The number of aromatic nitrogens is 3. The van der Waals surface area contributed by atoms with Crippen molar-refractivity contribution in [1.29, 1.82) is 0 Å². The van der Waals surface area contributed by atoms with E-state index in [1.54, 1.807) is 38.2 Å². The number of rotatable bonds is 4. The Morgan fingerprint density at radius 3 is 2.52 bits per heavy atom. The fourth-order valence-electron chi connectivity index (χ4n) is 3.69. The van der Waals surface area contributed by atoms with Crippen molar-refractivity contribution >= 4 is 10.9 Å². The van der Waals surface area contributed by atoms with Gasteiger partial charge in [-0.15, -0.1) is 0 Å². The van der Waals surface area contributed by atoms with Gasteiger partial charge in [-0.3, -0.25) is 9.78 Å². The van der Waals surface area contributed by atoms with Crippen LogP contribution in [0.2, 0.25) is 0 Å². The highest BCUT2D eigenvalue weighted by Crippen LogP contribution is 2.41. The molecule has 9 heteroatoms. The van der Waals surface area contributed by atoms with Gasteiger partial charge in [-0.05, 0) is 32.0 Å². The monoisotopic (exact) mass is 429 g/mol. The van der Waals surface area contributed by atoms with Gasteiger partial charge in [0.25, 0.3) is 5.56 Å². The average Bonchev–Trinajstić information content (AvgIpc) is 3.07. The number of methoxy groups -OCH3 is 1. The summed E-state index contributed by atoms with van der Waals surface area (Å²) in [6.45, 7) is 3.38. The maximum atomic E-state index is 13.8. The molecule has 0 N–H and O–H groups in total. The fraction of sp³-hybridized carbons (Fsp3) is 0.227. The summed E-state index contributed by atoms with van der Waals surface area (Å²) in [5, 5.41) is 3.76. The molecule has 0 amide bonds. The Morgan fingerprint density at radius 2 is 1.94 bits per heavy atom. The zero-order valence-electron chi connectivity index (χ0n) is 16.9. The number of pyridine rings is 2. The maximum absolute atomic E-state index is 13.8. The van der Waals surface area contributed by atoms with Crippen LogP contribution in [0, 0.1) is 13.8 Å². The van der Waals surface area contributed by atoms with E-state index in [4.69, 9.17) is 9.26 Å². The standard InChI is InChI=1S/C22H18F3N3O3/c1-12-21(13(2)31-27-12)16-8-15-17(22(23,24)25)9-20(29)28(18(15)10-19(16)30-3)11-14-6-4-5-7-26-14/h4-10H,11H2,1-3H3. The second-order valence-electron chi connectivity index (χ2n) is 7.07. The molecule has 3 aromatic heterocycles. The number of ether oxygens (including phenoxy) is 1. The van der Waals surface area contributed by atoms with Crippen LogP contribution in [-0.4, -0.2) is 21.8 Å². The van der Waals surface area contributed by atoms with Gasteiger partial charge in [0.1, 0.15) is 11.5 Å². The Kier molecular flexibility index (Phi) is 5.04. The van der Waals surface area contributed by atoms with E-state index in [-0.39, 0.29) is 17.4 Å². The predicted octanol–water partition coefficient (Wildman–Crippen LogP) is 4.74. The first kappa shape index (κ1) is 20.6. The predicted molar refractivity (Wildman–Crippen MR) is 108 cm³/mol. The maximum Gasteiger partial charge on any atom is 0.417 e. The largest absolute Gasteiger partial charge is 0.496 e. The number of hydrogen-bond acceptors (Lipinski definition) is 5. The van der Waals surface area contributed by atoms with E-state index in [1.165, 1.54) is 23.8 Å². The highest BCUT2D eigenvalue weighted by Gasteiger charge is 2.34. The van der Waals surface area contributed by atoms with Crippen molar-refractivity contribution in [3.8, 4) is 16.9 Å². The van der Waals surface area contributed by atoms with E-state index in [1.807, 2.05) is 0 Å². The Balaban J connectivity index is 2.08. The molecule has 6 nitrogen and oxygen atoms in total. The molecular weight excluding hydrogens is 411 g/mol. The lowest BCUT2D eigenvalue weighted by Crippen LogP contribution is -2.24. The average molecular weight is 429 g/mol. The van der Waals surface area contributed by atoms with Gasteiger partial charge in [-0.25, -0.2) is 0 Å². The lowest BCUT2D eigenvalue weighted by Gasteiger charge is -2.18. The minimum absolute atomic E-state index is 0.0160. The van der Waals surface area contributed by atoms with E-state index in [0.717, 1.165) is 0 Å². The number of benzene rings is 1. The zero-order valence-corrected chi connectivity index (χ0v) is 16.9. The summed E-state index contributed by atoms with van der Waals surface area (Å²) in [7, 11) is 1.41. The fourth-order valence-corrected chi connectivity index (χ4v) is 3.69. The second-order valence-corrected chi connectivity index (χ2v) is 7.07. The molecule has 0 saturated carbocycles. The normalized spacial score (nSPS) is 11.8. The van der Waals surface area contributed by atoms with Crippen molar-refractivity contribution in [3.63, 3.8) is 0 Å². The molecule has 0 atom stereocenters. The number of aryl methyl sites for hydroxylation is 2. The minimum Gasteiger partial charge on any atom is -0.496 e. The van der Waals surface area contributed by atoms with Gasteiger partial charge in [0.05, 0.1) is 41.7 Å². The summed E-state index contributed by atoms with van der Waals surface area (Å²) >= 11 is 0. The van der Waals surface area contributed by atoms with Crippen LogP contribution in [0.15, 0.2) is 51.9 Å². The molecule has 0 unspecified atom stereocenters. The quantitative estimate of drug-likeness (QED) is 0.469. The van der Waals surface area contributed by atoms with E-state index < -0.39 is 17.3 Å². The van der Waals surface area contributed by atoms with Crippen LogP contribution < -0.4 is 10.3 Å². The number of alkyl halides is 3. The number of halogens is 3. The van der Waals surface area contributed by atoms with Gasteiger partial charge in [-0.1, -0.05) is 11.2 Å². The number of fused-ring (bicyclic) bond motifs is 1. The molecule has 0 spiro atoms. The Bertz CT molecular complexity index is 1310. The summed E-state index contributed by atoms with van der Waals surface area (Å²) in [4.78, 5) is 16.9. The molecule has 31 heavy (non-hydrogen) atoms. The molecule has 4 aromatic rings. The van der Waals surface area contributed by atoms with Crippen molar-refractivity contribution in [1.82, 2.24) is 14.7 Å².